The second-order valence-corrected chi connectivity index (χ2v) is 9.77. The molecule has 1 saturated heterocycles. The fraction of sp³-hybridized carbons (Fsp3) is 0.458. The van der Waals surface area contributed by atoms with Crippen LogP contribution in [-0.4, -0.2) is 58.6 Å². The number of sulfonamides is 1. The number of nitrogens with zero attached hydrogens (tertiary/aromatic N) is 1. The van der Waals surface area contributed by atoms with Crippen molar-refractivity contribution in [1.82, 2.24) is 14.9 Å². The molecule has 0 bridgehead atoms. The maximum absolute atomic E-state index is 12.7. The second-order valence-electron chi connectivity index (χ2n) is 8.06. The molecule has 32 heavy (non-hydrogen) atoms. The van der Waals surface area contributed by atoms with Crippen LogP contribution in [0, 0.1) is 0 Å². The van der Waals surface area contributed by atoms with Crippen LogP contribution in [0.1, 0.15) is 36.9 Å². The van der Waals surface area contributed by atoms with E-state index in [-0.39, 0.29) is 16.8 Å². The minimum absolute atomic E-state index is 0.0158. The van der Waals surface area contributed by atoms with Crippen LogP contribution in [0.2, 0.25) is 0 Å². The van der Waals surface area contributed by atoms with Crippen LogP contribution in [0.4, 0.5) is 0 Å². The van der Waals surface area contributed by atoms with Gasteiger partial charge in [0.25, 0.3) is 0 Å². The Morgan fingerprint density at radius 1 is 1.06 bits per heavy atom. The topological polar surface area (TPSA) is 87.7 Å². The molecule has 2 aromatic carbocycles. The Balaban J connectivity index is 1.40. The van der Waals surface area contributed by atoms with E-state index in [1.807, 2.05) is 37.3 Å². The zero-order chi connectivity index (χ0) is 22.8. The highest BCUT2D eigenvalue weighted by Crippen LogP contribution is 2.17. The van der Waals surface area contributed by atoms with Crippen molar-refractivity contribution in [2.24, 2.45) is 0 Å². The summed E-state index contributed by atoms with van der Waals surface area (Å²) in [6.07, 6.45) is 1.88. The molecule has 0 spiro atoms. The van der Waals surface area contributed by atoms with Crippen molar-refractivity contribution in [3.8, 4) is 0 Å². The van der Waals surface area contributed by atoms with Gasteiger partial charge in [0.1, 0.15) is 0 Å². The molecule has 1 amide bonds. The van der Waals surface area contributed by atoms with Gasteiger partial charge in [-0.1, -0.05) is 42.5 Å². The predicted octanol–water partition coefficient (Wildman–Crippen LogP) is 2.50. The molecule has 7 nitrogen and oxygen atoms in total. The summed E-state index contributed by atoms with van der Waals surface area (Å²) in [6.45, 7) is 6.94. The van der Waals surface area contributed by atoms with E-state index in [2.05, 4.69) is 14.9 Å². The van der Waals surface area contributed by atoms with Crippen LogP contribution >= 0.6 is 0 Å². The Labute approximate surface area is 191 Å². The number of hydrogen-bond donors (Lipinski definition) is 2. The summed E-state index contributed by atoms with van der Waals surface area (Å²) in [4.78, 5) is 14.7. The van der Waals surface area contributed by atoms with Crippen LogP contribution in [-0.2, 0) is 26.0 Å². The highest BCUT2D eigenvalue weighted by molar-refractivity contribution is 7.89. The number of benzene rings is 2. The van der Waals surface area contributed by atoms with Crippen LogP contribution in [0.15, 0.2) is 59.5 Å². The maximum Gasteiger partial charge on any atom is 0.241 e. The molecule has 0 aliphatic carbocycles. The first-order valence-corrected chi connectivity index (χ1v) is 12.7. The van der Waals surface area contributed by atoms with Crippen molar-refractivity contribution in [3.05, 3.63) is 65.7 Å². The molecule has 2 aromatic rings. The summed E-state index contributed by atoms with van der Waals surface area (Å²) < 4.78 is 33.4. The smallest absolute Gasteiger partial charge is 0.241 e. The van der Waals surface area contributed by atoms with Gasteiger partial charge in [-0.3, -0.25) is 9.69 Å². The predicted molar refractivity (Wildman–Crippen MR) is 125 cm³/mol. The van der Waals surface area contributed by atoms with Gasteiger partial charge in [0.15, 0.2) is 0 Å². The lowest BCUT2D eigenvalue weighted by molar-refractivity contribution is -0.121. The van der Waals surface area contributed by atoms with E-state index >= 15 is 0 Å². The van der Waals surface area contributed by atoms with Gasteiger partial charge in [0.05, 0.1) is 18.1 Å². The van der Waals surface area contributed by atoms with Crippen molar-refractivity contribution in [2.45, 2.75) is 37.1 Å². The molecule has 1 fully saturated rings. The van der Waals surface area contributed by atoms with Gasteiger partial charge in [0, 0.05) is 32.1 Å². The zero-order valence-corrected chi connectivity index (χ0v) is 19.4. The summed E-state index contributed by atoms with van der Waals surface area (Å²) in [5, 5.41) is 2.96. The maximum atomic E-state index is 12.7. The van der Waals surface area contributed by atoms with E-state index in [9.17, 15) is 13.2 Å². The fourth-order valence-electron chi connectivity index (χ4n) is 3.65. The SMILES string of the molecule is C[C@@H](NS(=O)(=O)c1ccc(CCC(=O)NCCCN2CCOCC2)cc1)c1ccccc1. The number of rotatable bonds is 11. The number of ether oxygens (including phenoxy) is 1. The van der Waals surface area contributed by atoms with Gasteiger partial charge in [-0.05, 0) is 49.6 Å². The van der Waals surface area contributed by atoms with Crippen molar-refractivity contribution in [2.75, 3.05) is 39.4 Å². The van der Waals surface area contributed by atoms with Gasteiger partial charge >= 0.3 is 0 Å². The van der Waals surface area contributed by atoms with Crippen LogP contribution in [0.3, 0.4) is 0 Å². The Morgan fingerprint density at radius 3 is 2.44 bits per heavy atom. The third kappa shape index (κ3) is 7.70. The highest BCUT2D eigenvalue weighted by Gasteiger charge is 2.18. The number of carbonyl (C=O) groups excluding carboxylic acids is 1. The van der Waals surface area contributed by atoms with Crippen LogP contribution in [0.25, 0.3) is 0 Å². The lowest BCUT2D eigenvalue weighted by Crippen LogP contribution is -2.38. The van der Waals surface area contributed by atoms with Crippen molar-refractivity contribution in [3.63, 3.8) is 0 Å². The van der Waals surface area contributed by atoms with Gasteiger partial charge in [0.2, 0.25) is 15.9 Å². The zero-order valence-electron chi connectivity index (χ0n) is 18.6. The van der Waals surface area contributed by atoms with Crippen molar-refractivity contribution in [1.29, 1.82) is 0 Å². The van der Waals surface area contributed by atoms with E-state index in [0.717, 1.165) is 50.4 Å². The molecule has 0 saturated carbocycles. The summed E-state index contributed by atoms with van der Waals surface area (Å²) >= 11 is 0. The lowest BCUT2D eigenvalue weighted by Gasteiger charge is -2.26. The molecule has 8 heteroatoms. The number of carbonyl (C=O) groups is 1. The average molecular weight is 460 g/mol. The third-order valence-electron chi connectivity index (χ3n) is 5.58. The summed E-state index contributed by atoms with van der Waals surface area (Å²) in [7, 11) is -3.62. The van der Waals surface area contributed by atoms with Crippen molar-refractivity contribution < 1.29 is 17.9 Å². The monoisotopic (exact) mass is 459 g/mol. The Bertz CT molecular complexity index is 943. The number of hydrogen-bond acceptors (Lipinski definition) is 5. The van der Waals surface area contributed by atoms with Gasteiger partial charge in [-0.25, -0.2) is 13.1 Å². The Hall–Kier alpha value is -2.26. The standard InChI is InChI=1S/C24H33N3O4S/c1-20(22-6-3-2-4-7-22)26-32(29,30)23-11-8-21(9-12-23)10-13-24(28)25-14-5-15-27-16-18-31-19-17-27/h2-4,6-9,11-12,20,26H,5,10,13-19H2,1H3,(H,25,28)/t20-/m1/s1. The number of nitrogens with one attached hydrogen (secondary N) is 2. The first-order valence-electron chi connectivity index (χ1n) is 11.2. The number of amides is 1. The first kappa shape index (κ1) is 24.4. The number of morpholine rings is 1. The summed E-state index contributed by atoms with van der Waals surface area (Å²) in [6, 6.07) is 15.9. The molecule has 0 unspecified atom stereocenters. The molecule has 1 aliphatic rings. The molecule has 174 valence electrons. The molecule has 2 N–H and O–H groups in total. The largest absolute Gasteiger partial charge is 0.379 e. The molecular formula is C24H33N3O4S. The van der Waals surface area contributed by atoms with Crippen molar-refractivity contribution >= 4 is 15.9 Å². The Morgan fingerprint density at radius 2 is 1.75 bits per heavy atom. The molecular weight excluding hydrogens is 426 g/mol. The highest BCUT2D eigenvalue weighted by atomic mass is 32.2. The van der Waals surface area contributed by atoms with Gasteiger partial charge in [-0.2, -0.15) is 0 Å². The van der Waals surface area contributed by atoms with E-state index in [4.69, 9.17) is 4.74 Å². The van der Waals surface area contributed by atoms with Crippen LogP contribution < -0.4 is 10.0 Å². The third-order valence-corrected chi connectivity index (χ3v) is 7.14. The van der Waals surface area contributed by atoms with Crippen LogP contribution in [0.5, 0.6) is 0 Å². The molecule has 0 aromatic heterocycles. The van der Waals surface area contributed by atoms with Gasteiger partial charge in [-0.15, -0.1) is 0 Å². The average Bonchev–Trinajstić information content (AvgIpc) is 2.82. The summed E-state index contributed by atoms with van der Waals surface area (Å²) in [5.41, 5.74) is 1.84. The molecule has 1 aliphatic heterocycles. The minimum atomic E-state index is -3.62. The summed E-state index contributed by atoms with van der Waals surface area (Å²) in [5.74, 6) is 0.0158. The van der Waals surface area contributed by atoms with E-state index in [1.165, 1.54) is 0 Å². The molecule has 1 atom stereocenters. The number of aryl methyl sites for hydroxylation is 1. The van der Waals surface area contributed by atoms with E-state index in [0.29, 0.717) is 19.4 Å². The lowest BCUT2D eigenvalue weighted by atomic mass is 10.1. The normalized spacial score (nSPS) is 15.9. The quantitative estimate of drug-likeness (QED) is 0.504. The van der Waals surface area contributed by atoms with E-state index < -0.39 is 10.0 Å². The minimum Gasteiger partial charge on any atom is -0.379 e. The fourth-order valence-corrected chi connectivity index (χ4v) is 4.88. The second kappa shape index (κ2) is 12.1. The molecule has 1 heterocycles. The molecule has 0 radical (unpaired) electrons. The first-order chi connectivity index (χ1) is 15.4. The van der Waals surface area contributed by atoms with E-state index in [1.54, 1.807) is 24.3 Å². The molecule has 3 rings (SSSR count). The Kier molecular flexibility index (Phi) is 9.23. The van der Waals surface area contributed by atoms with Gasteiger partial charge < -0.3 is 10.1 Å².